The molecule has 0 heterocycles. The number of benzene rings is 9. The van der Waals surface area contributed by atoms with E-state index in [1.807, 2.05) is 121 Å². The maximum absolute atomic E-state index is 5.84. The number of anilines is 2. The highest BCUT2D eigenvalue weighted by molar-refractivity contribution is 6.02. The second kappa shape index (κ2) is 22.3. The van der Waals surface area contributed by atoms with Crippen molar-refractivity contribution in [3.63, 3.8) is 0 Å². The molecule has 0 spiro atoms. The molecule has 0 atom stereocenters. The summed E-state index contributed by atoms with van der Waals surface area (Å²) in [5.41, 5.74) is 8.90. The Balaban J connectivity index is 0.846. The van der Waals surface area contributed by atoms with Crippen LogP contribution in [0.15, 0.2) is 213 Å². The van der Waals surface area contributed by atoms with Crippen molar-refractivity contribution in [3.05, 3.63) is 193 Å². The van der Waals surface area contributed by atoms with Crippen LogP contribution in [0.2, 0.25) is 0 Å². The van der Waals surface area contributed by atoms with E-state index in [1.54, 1.807) is 0 Å². The van der Waals surface area contributed by atoms with Crippen LogP contribution in [0.4, 0.5) is 45.5 Å². The minimum Gasteiger partial charge on any atom is -0.494 e. The average molecular weight is 895 g/mol. The summed E-state index contributed by atoms with van der Waals surface area (Å²) in [6.07, 6.45) is 4.34. The third kappa shape index (κ3) is 11.2. The SMILES string of the molecule is CCCCOc1ccc(CNc2ccc(N=Nc3ccc(N=Nc4ccc(N=Nc5ccc(NCc6ccc(OCCCC)cc6)c6ccccc56)c5ccccc45)cc3)c3ccccc23)cc1. The highest BCUT2D eigenvalue weighted by Crippen LogP contribution is 2.38. The smallest absolute Gasteiger partial charge is 0.119 e. The number of hydrogen-bond donors (Lipinski definition) is 2. The van der Waals surface area contributed by atoms with E-state index in [9.17, 15) is 0 Å². The normalized spacial score (nSPS) is 11.7. The van der Waals surface area contributed by atoms with Gasteiger partial charge in [0.15, 0.2) is 0 Å². The van der Waals surface area contributed by atoms with E-state index in [0.717, 1.165) is 117 Å². The summed E-state index contributed by atoms with van der Waals surface area (Å²) in [7, 11) is 0. The first kappa shape index (κ1) is 44.9. The topological polar surface area (TPSA) is 117 Å². The molecule has 0 aliphatic rings. The van der Waals surface area contributed by atoms with Crippen molar-refractivity contribution >= 4 is 77.8 Å². The summed E-state index contributed by atoms with van der Waals surface area (Å²) >= 11 is 0. The number of nitrogens with zero attached hydrogens (tertiary/aromatic N) is 6. The predicted octanol–water partition coefficient (Wildman–Crippen LogP) is 18.0. The van der Waals surface area contributed by atoms with Gasteiger partial charge in [-0.1, -0.05) is 124 Å². The van der Waals surface area contributed by atoms with Gasteiger partial charge in [0.1, 0.15) is 11.5 Å². The van der Waals surface area contributed by atoms with Crippen LogP contribution in [0.3, 0.4) is 0 Å². The quantitative estimate of drug-likeness (QED) is 0.0585. The summed E-state index contributed by atoms with van der Waals surface area (Å²) in [4.78, 5) is 0. The Morgan fingerprint density at radius 3 is 1.03 bits per heavy atom. The van der Waals surface area contributed by atoms with Crippen LogP contribution < -0.4 is 20.1 Å². The number of nitrogens with one attached hydrogen (secondary N) is 2. The van der Waals surface area contributed by atoms with Crippen LogP contribution in [-0.2, 0) is 13.1 Å². The fraction of sp³-hybridized carbons (Fsp3) is 0.172. The summed E-state index contributed by atoms with van der Waals surface area (Å²) in [5.74, 6) is 1.81. The Bertz CT molecular complexity index is 3200. The van der Waals surface area contributed by atoms with Crippen molar-refractivity contribution in [3.8, 4) is 11.5 Å². The van der Waals surface area contributed by atoms with Gasteiger partial charge in [-0.3, -0.25) is 0 Å². The lowest BCUT2D eigenvalue weighted by atomic mass is 10.1. The van der Waals surface area contributed by atoms with E-state index in [4.69, 9.17) is 19.7 Å². The molecule has 2 N–H and O–H groups in total. The molecule has 0 unspecified atom stereocenters. The first-order valence-corrected chi connectivity index (χ1v) is 23.4. The molecule has 0 fully saturated rings. The lowest BCUT2D eigenvalue weighted by molar-refractivity contribution is 0.309. The van der Waals surface area contributed by atoms with Gasteiger partial charge in [0.25, 0.3) is 0 Å². The molecule has 10 nitrogen and oxygen atoms in total. The highest BCUT2D eigenvalue weighted by Gasteiger charge is 2.10. The molecule has 9 aromatic rings. The standard InChI is InChI=1S/C58H54N8O2/c1-3-5-37-67-45-27-19-41(20-28-45)39-59-53-31-33-55(49-15-9-7-13-47(49)53)63-61-43-23-25-44(26-24-43)62-64-56-35-36-58(52-18-12-11-17-51(52)56)66-65-57-34-32-54(48-14-8-10-16-50(48)57)60-40-42-21-29-46(30-22-42)68-38-6-4-2/h7-36,59-60H,3-6,37-40H2,1-2H3. The lowest BCUT2D eigenvalue weighted by Gasteiger charge is -2.12. The minimum atomic E-state index is 0.688. The van der Waals surface area contributed by atoms with Gasteiger partial charge in [-0.05, 0) is 109 Å². The number of unbranched alkanes of at least 4 members (excludes halogenated alkanes) is 2. The maximum atomic E-state index is 5.84. The molecular weight excluding hydrogens is 841 g/mol. The first-order chi connectivity index (χ1) is 33.6. The van der Waals surface area contributed by atoms with Gasteiger partial charge in [0.2, 0.25) is 0 Å². The molecule has 68 heavy (non-hydrogen) atoms. The van der Waals surface area contributed by atoms with Gasteiger partial charge >= 0.3 is 0 Å². The molecule has 0 saturated carbocycles. The molecule has 0 radical (unpaired) electrons. The fourth-order valence-corrected chi connectivity index (χ4v) is 7.88. The van der Waals surface area contributed by atoms with Crippen LogP contribution in [0.1, 0.15) is 50.7 Å². The van der Waals surface area contributed by atoms with Gasteiger partial charge in [-0.15, -0.1) is 20.5 Å². The van der Waals surface area contributed by atoms with Gasteiger partial charge in [-0.25, -0.2) is 0 Å². The molecule has 0 bridgehead atoms. The van der Waals surface area contributed by atoms with Crippen molar-refractivity contribution in [1.29, 1.82) is 0 Å². The Hall–Kier alpha value is -8.24. The van der Waals surface area contributed by atoms with Crippen molar-refractivity contribution in [2.24, 2.45) is 30.7 Å². The highest BCUT2D eigenvalue weighted by atomic mass is 16.5. The molecular formula is C58H54N8O2. The molecule has 9 aromatic carbocycles. The second-order valence-corrected chi connectivity index (χ2v) is 16.5. The summed E-state index contributed by atoms with van der Waals surface area (Å²) in [6.45, 7) is 7.20. The Kier molecular flexibility index (Phi) is 14.7. The Morgan fingerprint density at radius 1 is 0.338 bits per heavy atom. The second-order valence-electron chi connectivity index (χ2n) is 16.5. The van der Waals surface area contributed by atoms with Crippen LogP contribution in [0.5, 0.6) is 11.5 Å². The van der Waals surface area contributed by atoms with Crippen LogP contribution in [0, 0.1) is 0 Å². The van der Waals surface area contributed by atoms with Crippen LogP contribution in [0.25, 0.3) is 32.3 Å². The summed E-state index contributed by atoms with van der Waals surface area (Å²) in [6, 6.07) is 60.8. The van der Waals surface area contributed by atoms with E-state index in [1.165, 1.54) is 11.1 Å². The number of hydrogen-bond acceptors (Lipinski definition) is 10. The summed E-state index contributed by atoms with van der Waals surface area (Å²) < 4.78 is 11.7. The zero-order valence-corrected chi connectivity index (χ0v) is 38.5. The lowest BCUT2D eigenvalue weighted by Crippen LogP contribution is -2.01. The van der Waals surface area contributed by atoms with E-state index in [-0.39, 0.29) is 0 Å². The third-order valence-corrected chi connectivity index (χ3v) is 11.7. The molecule has 0 amide bonds. The largest absolute Gasteiger partial charge is 0.494 e. The Labute approximate surface area is 397 Å². The predicted molar refractivity (Wildman–Crippen MR) is 279 cm³/mol. The molecule has 0 saturated heterocycles. The third-order valence-electron chi connectivity index (χ3n) is 11.7. The Morgan fingerprint density at radius 2 is 0.662 bits per heavy atom. The maximum Gasteiger partial charge on any atom is 0.119 e. The van der Waals surface area contributed by atoms with Crippen LogP contribution in [-0.4, -0.2) is 13.2 Å². The number of rotatable bonds is 20. The number of fused-ring (bicyclic) bond motifs is 3. The number of azo groups is 3. The average Bonchev–Trinajstić information content (AvgIpc) is 3.39. The summed E-state index contributed by atoms with van der Waals surface area (Å²) in [5, 5.41) is 41.3. The monoisotopic (exact) mass is 894 g/mol. The van der Waals surface area contributed by atoms with E-state index in [0.29, 0.717) is 24.5 Å². The van der Waals surface area contributed by atoms with Crippen LogP contribution >= 0.6 is 0 Å². The zero-order valence-electron chi connectivity index (χ0n) is 38.5. The molecule has 9 rings (SSSR count). The van der Waals surface area contributed by atoms with Crippen molar-refractivity contribution in [1.82, 2.24) is 0 Å². The zero-order chi connectivity index (χ0) is 46.3. The molecule has 10 heteroatoms. The van der Waals surface area contributed by atoms with Gasteiger partial charge < -0.3 is 20.1 Å². The van der Waals surface area contributed by atoms with E-state index < -0.39 is 0 Å². The van der Waals surface area contributed by atoms with E-state index in [2.05, 4.69) is 106 Å². The molecule has 0 aromatic heterocycles. The van der Waals surface area contributed by atoms with Gasteiger partial charge in [0, 0.05) is 56.8 Å². The first-order valence-electron chi connectivity index (χ1n) is 23.4. The van der Waals surface area contributed by atoms with Crippen molar-refractivity contribution < 1.29 is 9.47 Å². The fourth-order valence-electron chi connectivity index (χ4n) is 7.88. The number of ether oxygens (including phenoxy) is 2. The molecule has 338 valence electrons. The van der Waals surface area contributed by atoms with Crippen molar-refractivity contribution in [2.45, 2.75) is 52.6 Å². The van der Waals surface area contributed by atoms with E-state index >= 15 is 0 Å². The van der Waals surface area contributed by atoms with Crippen molar-refractivity contribution in [2.75, 3.05) is 23.8 Å². The van der Waals surface area contributed by atoms with Gasteiger partial charge in [0.05, 0.1) is 47.3 Å². The van der Waals surface area contributed by atoms with Gasteiger partial charge in [-0.2, -0.15) is 10.2 Å². The minimum absolute atomic E-state index is 0.688. The molecule has 0 aliphatic heterocycles. The molecule has 0 aliphatic carbocycles.